The fourth-order valence-electron chi connectivity index (χ4n) is 3.31. The molecule has 3 rings (SSSR count). The number of aromatic nitrogens is 3. The zero-order valence-electron chi connectivity index (χ0n) is 19.9. The lowest BCUT2D eigenvalue weighted by molar-refractivity contribution is -0.125. The summed E-state index contributed by atoms with van der Waals surface area (Å²) in [5.41, 5.74) is 5.34. The SMILES string of the molecule is CCCOCCOc1ccc(-c2cc(=O)[nH]c(-c3c(F)ccc(CC(C)(C)C(N)=O)c3Cl)n2)cn1. The highest BCUT2D eigenvalue weighted by Crippen LogP contribution is 2.35. The van der Waals surface area contributed by atoms with Crippen LogP contribution in [-0.2, 0) is 16.0 Å². The molecule has 0 radical (unpaired) electrons. The van der Waals surface area contributed by atoms with Crippen LogP contribution in [0.5, 0.6) is 5.88 Å². The number of hydrogen-bond acceptors (Lipinski definition) is 6. The van der Waals surface area contributed by atoms with Gasteiger partial charge in [0, 0.05) is 35.9 Å². The molecule has 0 fully saturated rings. The topological polar surface area (TPSA) is 120 Å². The Hall–Kier alpha value is -3.30. The van der Waals surface area contributed by atoms with Crippen molar-refractivity contribution in [3.8, 4) is 28.5 Å². The summed E-state index contributed by atoms with van der Waals surface area (Å²) in [4.78, 5) is 35.4. The third kappa shape index (κ3) is 6.64. The van der Waals surface area contributed by atoms with Crippen molar-refractivity contribution in [1.29, 1.82) is 0 Å². The number of primary amides is 1. The highest BCUT2D eigenvalue weighted by Gasteiger charge is 2.28. The van der Waals surface area contributed by atoms with Gasteiger partial charge in [-0.05, 0) is 30.5 Å². The first-order valence-electron chi connectivity index (χ1n) is 11.2. The summed E-state index contributed by atoms with van der Waals surface area (Å²) >= 11 is 6.52. The number of carbonyl (C=O) groups excluding carboxylic acids is 1. The van der Waals surface area contributed by atoms with E-state index >= 15 is 0 Å². The second kappa shape index (κ2) is 11.4. The molecule has 10 heteroatoms. The molecule has 0 saturated carbocycles. The van der Waals surface area contributed by atoms with Crippen molar-refractivity contribution < 1.29 is 18.7 Å². The molecule has 0 bridgehead atoms. The second-order valence-electron chi connectivity index (χ2n) is 8.65. The van der Waals surface area contributed by atoms with Crippen LogP contribution in [0.2, 0.25) is 5.02 Å². The van der Waals surface area contributed by atoms with Crippen molar-refractivity contribution in [3.05, 3.63) is 63.3 Å². The molecule has 0 unspecified atom stereocenters. The van der Waals surface area contributed by atoms with Gasteiger partial charge in [-0.3, -0.25) is 9.59 Å². The fourth-order valence-corrected chi connectivity index (χ4v) is 3.61. The predicted molar refractivity (Wildman–Crippen MR) is 132 cm³/mol. The van der Waals surface area contributed by atoms with E-state index in [0.29, 0.717) is 36.8 Å². The third-order valence-electron chi connectivity index (χ3n) is 5.31. The lowest BCUT2D eigenvalue weighted by atomic mass is 9.84. The lowest BCUT2D eigenvalue weighted by Crippen LogP contribution is -2.33. The highest BCUT2D eigenvalue weighted by molar-refractivity contribution is 6.34. The molecule has 1 amide bonds. The fraction of sp³-hybridized carbons (Fsp3) is 0.360. The molecule has 1 aromatic carbocycles. The minimum Gasteiger partial charge on any atom is -0.475 e. The Morgan fingerprint density at radius 3 is 2.63 bits per heavy atom. The molecular weight excluding hydrogens is 475 g/mol. The summed E-state index contributed by atoms with van der Waals surface area (Å²) in [6.45, 7) is 6.86. The van der Waals surface area contributed by atoms with Crippen molar-refractivity contribution in [1.82, 2.24) is 15.0 Å². The number of hydrogen-bond donors (Lipinski definition) is 2. The van der Waals surface area contributed by atoms with E-state index in [0.717, 1.165) is 6.42 Å². The Balaban J connectivity index is 1.89. The van der Waals surface area contributed by atoms with Crippen LogP contribution in [0, 0.1) is 11.2 Å². The normalized spacial score (nSPS) is 11.5. The van der Waals surface area contributed by atoms with Gasteiger partial charge < -0.3 is 20.2 Å². The van der Waals surface area contributed by atoms with E-state index in [4.69, 9.17) is 26.8 Å². The summed E-state index contributed by atoms with van der Waals surface area (Å²) in [6.07, 6.45) is 2.63. The van der Waals surface area contributed by atoms with Gasteiger partial charge in [-0.15, -0.1) is 0 Å². The van der Waals surface area contributed by atoms with Crippen molar-refractivity contribution in [2.75, 3.05) is 19.8 Å². The van der Waals surface area contributed by atoms with Crippen molar-refractivity contribution in [2.45, 2.75) is 33.6 Å². The quantitative estimate of drug-likeness (QED) is 0.380. The van der Waals surface area contributed by atoms with E-state index in [1.165, 1.54) is 24.4 Å². The van der Waals surface area contributed by atoms with Gasteiger partial charge in [-0.1, -0.05) is 38.4 Å². The number of nitrogens with two attached hydrogens (primary N) is 1. The minimum absolute atomic E-state index is 0.0397. The Bertz CT molecular complexity index is 1250. The molecule has 0 aliphatic rings. The predicted octanol–water partition coefficient (Wildman–Crippen LogP) is 4.15. The van der Waals surface area contributed by atoms with Crippen LogP contribution in [0.1, 0.15) is 32.8 Å². The first-order chi connectivity index (χ1) is 16.6. The number of pyridine rings is 1. The maximum atomic E-state index is 14.8. The Labute approximate surface area is 207 Å². The summed E-state index contributed by atoms with van der Waals surface area (Å²) in [6, 6.07) is 7.34. The van der Waals surface area contributed by atoms with Crippen LogP contribution in [0.3, 0.4) is 0 Å². The number of H-pyrrole nitrogens is 1. The van der Waals surface area contributed by atoms with E-state index in [-0.39, 0.29) is 28.5 Å². The molecule has 2 aromatic heterocycles. The number of amides is 1. The zero-order chi connectivity index (χ0) is 25.6. The molecule has 0 aliphatic carbocycles. The van der Waals surface area contributed by atoms with Crippen molar-refractivity contribution in [2.24, 2.45) is 11.1 Å². The average molecular weight is 503 g/mol. The zero-order valence-corrected chi connectivity index (χ0v) is 20.6. The Kier molecular flexibility index (Phi) is 8.58. The first kappa shape index (κ1) is 26.3. The second-order valence-corrected chi connectivity index (χ2v) is 9.02. The molecule has 0 spiro atoms. The molecule has 3 aromatic rings. The van der Waals surface area contributed by atoms with Crippen LogP contribution in [-0.4, -0.2) is 40.7 Å². The molecule has 3 N–H and O–H groups in total. The van der Waals surface area contributed by atoms with Crippen LogP contribution in [0.4, 0.5) is 4.39 Å². The number of carbonyl (C=O) groups is 1. The van der Waals surface area contributed by atoms with Gasteiger partial charge in [0.1, 0.15) is 18.2 Å². The number of nitrogens with one attached hydrogen (secondary N) is 1. The molecule has 8 nitrogen and oxygen atoms in total. The maximum absolute atomic E-state index is 14.8. The van der Waals surface area contributed by atoms with Gasteiger partial charge >= 0.3 is 0 Å². The van der Waals surface area contributed by atoms with E-state index in [1.807, 2.05) is 6.92 Å². The first-order valence-corrected chi connectivity index (χ1v) is 11.6. The molecule has 186 valence electrons. The number of halogens is 2. The summed E-state index contributed by atoms with van der Waals surface area (Å²) in [7, 11) is 0. The van der Waals surface area contributed by atoms with Gasteiger partial charge in [-0.25, -0.2) is 14.4 Å². The molecule has 0 saturated heterocycles. The van der Waals surface area contributed by atoms with Crippen LogP contribution in [0.15, 0.2) is 41.3 Å². The van der Waals surface area contributed by atoms with E-state index < -0.39 is 22.7 Å². The number of ether oxygens (including phenoxy) is 2. The molecule has 0 aliphatic heterocycles. The Morgan fingerprint density at radius 2 is 1.97 bits per heavy atom. The van der Waals surface area contributed by atoms with Crippen LogP contribution < -0.4 is 16.0 Å². The van der Waals surface area contributed by atoms with Crippen LogP contribution >= 0.6 is 11.6 Å². The van der Waals surface area contributed by atoms with E-state index in [1.54, 1.807) is 26.0 Å². The molecular formula is C25H28ClFN4O4. The van der Waals surface area contributed by atoms with E-state index in [9.17, 15) is 14.0 Å². The van der Waals surface area contributed by atoms with Gasteiger partial charge in [0.05, 0.1) is 22.9 Å². The smallest absolute Gasteiger partial charge is 0.251 e. The lowest BCUT2D eigenvalue weighted by Gasteiger charge is -2.22. The van der Waals surface area contributed by atoms with Gasteiger partial charge in [0.15, 0.2) is 0 Å². The molecule has 2 heterocycles. The van der Waals surface area contributed by atoms with Crippen LogP contribution in [0.25, 0.3) is 22.6 Å². The minimum atomic E-state index is -0.904. The molecule has 35 heavy (non-hydrogen) atoms. The highest BCUT2D eigenvalue weighted by atomic mass is 35.5. The standard InChI is InChI=1S/C25H28ClFN4O4/c1-4-9-34-10-11-35-20-8-6-16(14-29-20)18-12-19(32)31-23(30-18)21-17(27)7-5-15(22(21)26)13-25(2,3)24(28)33/h5-8,12,14H,4,9-11,13H2,1-3H3,(H2,28,33)(H,30,31,32). The summed E-state index contributed by atoms with van der Waals surface area (Å²) < 4.78 is 25.7. The monoisotopic (exact) mass is 502 g/mol. The maximum Gasteiger partial charge on any atom is 0.251 e. The summed E-state index contributed by atoms with van der Waals surface area (Å²) in [5.74, 6) is -0.815. The Morgan fingerprint density at radius 1 is 1.20 bits per heavy atom. The van der Waals surface area contributed by atoms with Crippen molar-refractivity contribution >= 4 is 17.5 Å². The average Bonchev–Trinajstić information content (AvgIpc) is 2.81. The van der Waals surface area contributed by atoms with Gasteiger partial charge in [-0.2, -0.15) is 0 Å². The number of nitrogens with zero attached hydrogens (tertiary/aromatic N) is 2. The number of rotatable bonds is 11. The molecule has 0 atom stereocenters. The number of benzene rings is 1. The largest absolute Gasteiger partial charge is 0.475 e. The summed E-state index contributed by atoms with van der Waals surface area (Å²) in [5, 5.41) is 0.0480. The van der Waals surface area contributed by atoms with Gasteiger partial charge in [0.2, 0.25) is 11.8 Å². The van der Waals surface area contributed by atoms with Crippen molar-refractivity contribution in [3.63, 3.8) is 0 Å². The number of aromatic amines is 1. The van der Waals surface area contributed by atoms with E-state index in [2.05, 4.69) is 15.0 Å². The van der Waals surface area contributed by atoms with Gasteiger partial charge in [0.25, 0.3) is 5.56 Å². The third-order valence-corrected chi connectivity index (χ3v) is 5.74.